The maximum absolute atomic E-state index is 11.2. The number of nitrogens with zero attached hydrogens (tertiary/aromatic N) is 3. The van der Waals surface area contributed by atoms with Gasteiger partial charge in [0.25, 0.3) is 0 Å². The zero-order chi connectivity index (χ0) is 15.4. The molecular weight excluding hydrogens is 268 g/mol. The molecule has 1 atom stereocenters. The number of rotatable bonds is 5. The van der Waals surface area contributed by atoms with Gasteiger partial charge in [0.15, 0.2) is 0 Å². The average Bonchev–Trinajstić information content (AvgIpc) is 2.47. The molecule has 0 spiro atoms. The maximum atomic E-state index is 11.2. The van der Waals surface area contributed by atoms with Crippen LogP contribution in [0.5, 0.6) is 0 Å². The number of carboxylic acids is 1. The predicted molar refractivity (Wildman–Crippen MR) is 83.0 cm³/mol. The number of nitrogens with one attached hydrogen (secondary N) is 1. The first kappa shape index (κ1) is 15.7. The van der Waals surface area contributed by atoms with Crippen LogP contribution in [0, 0.1) is 0 Å². The van der Waals surface area contributed by atoms with Crippen LogP contribution in [0.3, 0.4) is 0 Å². The number of hydrogen-bond acceptors (Lipinski definition) is 5. The SMILES string of the molecule is CCc1cc(C(=O)O)cc(NCC2CN(C)CCN2C)n1. The molecule has 1 fully saturated rings. The Labute approximate surface area is 125 Å². The topological polar surface area (TPSA) is 68.7 Å². The van der Waals surface area contributed by atoms with Crippen molar-refractivity contribution in [3.05, 3.63) is 23.4 Å². The number of carbonyl (C=O) groups is 1. The second-order valence-corrected chi connectivity index (χ2v) is 5.67. The van der Waals surface area contributed by atoms with Crippen LogP contribution in [0.25, 0.3) is 0 Å². The molecule has 1 aromatic heterocycles. The number of carboxylic acid groups (broad SMARTS) is 1. The fourth-order valence-electron chi connectivity index (χ4n) is 2.53. The van der Waals surface area contributed by atoms with Crippen molar-refractivity contribution in [2.75, 3.05) is 45.6 Å². The zero-order valence-corrected chi connectivity index (χ0v) is 13.0. The summed E-state index contributed by atoms with van der Waals surface area (Å²) in [6, 6.07) is 3.64. The van der Waals surface area contributed by atoms with Crippen molar-refractivity contribution in [2.24, 2.45) is 0 Å². The van der Waals surface area contributed by atoms with Gasteiger partial charge < -0.3 is 15.3 Å². The number of hydrogen-bond donors (Lipinski definition) is 2. The molecule has 2 N–H and O–H groups in total. The molecule has 116 valence electrons. The van der Waals surface area contributed by atoms with Gasteiger partial charge in [-0.25, -0.2) is 9.78 Å². The molecule has 1 unspecified atom stereocenters. The summed E-state index contributed by atoms with van der Waals surface area (Å²) in [6.07, 6.45) is 0.724. The summed E-state index contributed by atoms with van der Waals surface area (Å²) in [5.74, 6) is -0.266. The van der Waals surface area contributed by atoms with Gasteiger partial charge in [-0.2, -0.15) is 0 Å². The molecule has 0 aromatic carbocycles. The highest BCUT2D eigenvalue weighted by atomic mass is 16.4. The maximum Gasteiger partial charge on any atom is 0.335 e. The highest BCUT2D eigenvalue weighted by Gasteiger charge is 2.22. The molecule has 2 rings (SSSR count). The summed E-state index contributed by atoms with van der Waals surface area (Å²) in [4.78, 5) is 20.2. The van der Waals surface area contributed by atoms with E-state index in [0.717, 1.165) is 38.3 Å². The Morgan fingerprint density at radius 1 is 1.43 bits per heavy atom. The Bertz CT molecular complexity index is 506. The van der Waals surface area contributed by atoms with Crippen molar-refractivity contribution in [3.63, 3.8) is 0 Å². The van der Waals surface area contributed by atoms with Crippen LogP contribution in [0.4, 0.5) is 5.82 Å². The molecule has 0 saturated carbocycles. The molecule has 6 nitrogen and oxygen atoms in total. The number of aromatic nitrogens is 1. The Morgan fingerprint density at radius 2 is 2.19 bits per heavy atom. The molecule has 1 aliphatic rings. The number of likely N-dealkylation sites (N-methyl/N-ethyl adjacent to an activating group) is 2. The number of anilines is 1. The zero-order valence-electron chi connectivity index (χ0n) is 13.0. The second-order valence-electron chi connectivity index (χ2n) is 5.67. The molecule has 21 heavy (non-hydrogen) atoms. The molecule has 0 radical (unpaired) electrons. The molecule has 1 aromatic rings. The summed E-state index contributed by atoms with van der Waals surface area (Å²) in [5.41, 5.74) is 1.09. The van der Waals surface area contributed by atoms with E-state index in [9.17, 15) is 4.79 Å². The number of aromatic carboxylic acids is 1. The number of aryl methyl sites for hydroxylation is 1. The fraction of sp³-hybridized carbons (Fsp3) is 0.600. The van der Waals surface area contributed by atoms with E-state index < -0.39 is 5.97 Å². The molecular formula is C15H24N4O2. The summed E-state index contributed by atoms with van der Waals surface area (Å²) in [7, 11) is 4.25. The van der Waals surface area contributed by atoms with E-state index in [1.54, 1.807) is 12.1 Å². The van der Waals surface area contributed by atoms with E-state index in [1.165, 1.54) is 0 Å². The lowest BCUT2D eigenvalue weighted by Gasteiger charge is -2.37. The lowest BCUT2D eigenvalue weighted by molar-refractivity contribution is 0.0696. The third-order valence-corrected chi connectivity index (χ3v) is 3.99. The molecule has 0 amide bonds. The van der Waals surface area contributed by atoms with Crippen LogP contribution >= 0.6 is 0 Å². The minimum atomic E-state index is -0.912. The van der Waals surface area contributed by atoms with Crippen molar-refractivity contribution in [1.82, 2.24) is 14.8 Å². The van der Waals surface area contributed by atoms with Crippen molar-refractivity contribution in [1.29, 1.82) is 0 Å². The Hall–Kier alpha value is -1.66. The molecule has 6 heteroatoms. The highest BCUT2D eigenvalue weighted by molar-refractivity contribution is 5.88. The first-order valence-corrected chi connectivity index (χ1v) is 7.36. The second kappa shape index (κ2) is 6.87. The molecule has 1 aliphatic heterocycles. The van der Waals surface area contributed by atoms with Gasteiger partial charge >= 0.3 is 5.97 Å². The first-order chi connectivity index (χ1) is 9.99. The van der Waals surface area contributed by atoms with Crippen LogP contribution in [0.1, 0.15) is 23.0 Å². The van der Waals surface area contributed by atoms with Crippen LogP contribution in [-0.4, -0.2) is 72.2 Å². The lowest BCUT2D eigenvalue weighted by atomic mass is 10.1. The van der Waals surface area contributed by atoms with Crippen LogP contribution < -0.4 is 5.32 Å². The van der Waals surface area contributed by atoms with Crippen LogP contribution in [0.2, 0.25) is 0 Å². The summed E-state index contributed by atoms with van der Waals surface area (Å²) >= 11 is 0. The Morgan fingerprint density at radius 3 is 2.86 bits per heavy atom. The van der Waals surface area contributed by atoms with Crippen molar-refractivity contribution >= 4 is 11.8 Å². The standard InChI is InChI=1S/C15H24N4O2/c1-4-12-7-11(15(20)21)8-14(17-12)16-9-13-10-18(2)5-6-19(13)3/h7-8,13H,4-6,9-10H2,1-3H3,(H,16,17)(H,20,21). The van der Waals surface area contributed by atoms with E-state index >= 15 is 0 Å². The van der Waals surface area contributed by atoms with Gasteiger partial charge in [0.05, 0.1) is 5.56 Å². The molecule has 1 saturated heterocycles. The van der Waals surface area contributed by atoms with Gasteiger partial charge in [0, 0.05) is 37.9 Å². The van der Waals surface area contributed by atoms with Crippen molar-refractivity contribution in [3.8, 4) is 0 Å². The smallest absolute Gasteiger partial charge is 0.335 e. The lowest BCUT2D eigenvalue weighted by Crippen LogP contribution is -2.52. The monoisotopic (exact) mass is 292 g/mol. The average molecular weight is 292 g/mol. The van der Waals surface area contributed by atoms with Gasteiger partial charge in [-0.05, 0) is 32.6 Å². The van der Waals surface area contributed by atoms with E-state index in [0.29, 0.717) is 17.4 Å². The highest BCUT2D eigenvalue weighted by Crippen LogP contribution is 2.13. The molecule has 0 aliphatic carbocycles. The minimum Gasteiger partial charge on any atom is -0.478 e. The van der Waals surface area contributed by atoms with E-state index in [2.05, 4.69) is 34.2 Å². The van der Waals surface area contributed by atoms with Crippen molar-refractivity contribution in [2.45, 2.75) is 19.4 Å². The summed E-state index contributed by atoms with van der Waals surface area (Å²) < 4.78 is 0. The fourth-order valence-corrected chi connectivity index (χ4v) is 2.53. The van der Waals surface area contributed by atoms with Gasteiger partial charge in [-0.15, -0.1) is 0 Å². The predicted octanol–water partition coefficient (Wildman–Crippen LogP) is 1.000. The van der Waals surface area contributed by atoms with Crippen LogP contribution in [-0.2, 0) is 6.42 Å². The summed E-state index contributed by atoms with van der Waals surface area (Å²) in [5, 5.41) is 12.4. The number of piperazine rings is 1. The van der Waals surface area contributed by atoms with Gasteiger partial charge in [-0.3, -0.25) is 4.90 Å². The Kier molecular flexibility index (Phi) is 5.14. The molecule has 2 heterocycles. The third-order valence-electron chi connectivity index (χ3n) is 3.99. The van der Waals surface area contributed by atoms with Crippen LogP contribution in [0.15, 0.2) is 12.1 Å². The number of pyridine rings is 1. The Balaban J connectivity index is 2.05. The van der Waals surface area contributed by atoms with E-state index in [4.69, 9.17) is 5.11 Å². The largest absolute Gasteiger partial charge is 0.478 e. The van der Waals surface area contributed by atoms with E-state index in [-0.39, 0.29) is 0 Å². The van der Waals surface area contributed by atoms with Gasteiger partial charge in [0.2, 0.25) is 0 Å². The van der Waals surface area contributed by atoms with E-state index in [1.807, 2.05) is 6.92 Å². The summed E-state index contributed by atoms with van der Waals surface area (Å²) in [6.45, 7) is 5.87. The van der Waals surface area contributed by atoms with Gasteiger partial charge in [-0.1, -0.05) is 6.92 Å². The first-order valence-electron chi connectivity index (χ1n) is 7.36. The normalized spacial score (nSPS) is 20.4. The van der Waals surface area contributed by atoms with Gasteiger partial charge in [0.1, 0.15) is 5.82 Å². The minimum absolute atomic E-state index is 0.290. The molecule has 0 bridgehead atoms. The third kappa shape index (κ3) is 4.15. The quantitative estimate of drug-likeness (QED) is 0.844. The van der Waals surface area contributed by atoms with Crippen molar-refractivity contribution < 1.29 is 9.90 Å².